The van der Waals surface area contributed by atoms with Gasteiger partial charge in [-0.25, -0.2) is 0 Å². The van der Waals surface area contributed by atoms with Gasteiger partial charge in [0.25, 0.3) is 5.56 Å². The Morgan fingerprint density at radius 3 is 2.30 bits per heavy atom. The van der Waals surface area contributed by atoms with Crippen molar-refractivity contribution < 1.29 is 0 Å². The number of aromatic nitrogens is 2. The molecule has 0 saturated carbocycles. The third-order valence-electron chi connectivity index (χ3n) is 3.20. The first-order chi connectivity index (χ1) is 11.0. The van der Waals surface area contributed by atoms with Crippen LogP contribution in [0.25, 0.3) is 5.69 Å². The minimum atomic E-state index is -0.249. The Morgan fingerprint density at radius 2 is 1.65 bits per heavy atom. The second-order valence-electron chi connectivity index (χ2n) is 4.93. The van der Waals surface area contributed by atoms with Crippen LogP contribution in [-0.2, 0) is 0 Å². The molecule has 0 bridgehead atoms. The third-order valence-corrected chi connectivity index (χ3v) is 4.96. The number of rotatable bonds is 3. The summed E-state index contributed by atoms with van der Waals surface area (Å²) in [6.45, 7) is 1.99. The van der Waals surface area contributed by atoms with Crippen LogP contribution in [0, 0.1) is 6.92 Å². The Hall–Kier alpha value is -1.75. The van der Waals surface area contributed by atoms with Crippen LogP contribution < -0.4 is 5.56 Å². The molecule has 0 atom stereocenters. The summed E-state index contributed by atoms with van der Waals surface area (Å²) in [4.78, 5) is 14.0. The molecule has 1 heterocycles. The summed E-state index contributed by atoms with van der Waals surface area (Å²) in [5, 5.41) is 5.11. The number of halogens is 2. The van der Waals surface area contributed by atoms with Gasteiger partial charge >= 0.3 is 0 Å². The van der Waals surface area contributed by atoms with E-state index < -0.39 is 0 Å². The molecule has 0 unspecified atom stereocenters. The van der Waals surface area contributed by atoms with Crippen LogP contribution in [0.1, 0.15) is 5.56 Å². The van der Waals surface area contributed by atoms with Gasteiger partial charge in [-0.05, 0) is 43.3 Å². The van der Waals surface area contributed by atoms with Gasteiger partial charge in [0, 0.05) is 9.92 Å². The maximum absolute atomic E-state index is 12.7. The second kappa shape index (κ2) is 6.79. The molecule has 3 nitrogen and oxygen atoms in total. The lowest BCUT2D eigenvalue weighted by Gasteiger charge is -2.09. The molecule has 0 fully saturated rings. The molecule has 0 aliphatic heterocycles. The average molecular weight is 363 g/mol. The van der Waals surface area contributed by atoms with Gasteiger partial charge in [-0.1, -0.05) is 52.7 Å². The van der Waals surface area contributed by atoms with Crippen LogP contribution in [0.5, 0.6) is 0 Å². The van der Waals surface area contributed by atoms with Gasteiger partial charge in [0.2, 0.25) is 0 Å². The number of benzene rings is 2. The van der Waals surface area contributed by atoms with E-state index in [-0.39, 0.29) is 5.56 Å². The van der Waals surface area contributed by atoms with Crippen molar-refractivity contribution in [3.05, 3.63) is 80.7 Å². The molecule has 6 heteroatoms. The highest BCUT2D eigenvalue weighted by Gasteiger charge is 2.13. The summed E-state index contributed by atoms with van der Waals surface area (Å²) < 4.78 is 1.35. The summed E-state index contributed by atoms with van der Waals surface area (Å²) >= 11 is 13.4. The van der Waals surface area contributed by atoms with Crippen molar-refractivity contribution in [2.24, 2.45) is 0 Å². The minimum Gasteiger partial charge on any atom is -0.266 e. The van der Waals surface area contributed by atoms with E-state index >= 15 is 0 Å². The Balaban J connectivity index is 2.03. The van der Waals surface area contributed by atoms with Crippen molar-refractivity contribution in [1.82, 2.24) is 9.78 Å². The smallest absolute Gasteiger partial charge is 0.266 e. The molecule has 0 saturated heterocycles. The first-order valence-electron chi connectivity index (χ1n) is 6.83. The molecule has 0 amide bonds. The molecule has 116 valence electrons. The van der Waals surface area contributed by atoms with Crippen LogP contribution >= 0.6 is 35.0 Å². The van der Waals surface area contributed by atoms with Crippen LogP contribution in [0.2, 0.25) is 10.0 Å². The zero-order valence-corrected chi connectivity index (χ0v) is 14.5. The molecule has 2 aromatic carbocycles. The largest absolute Gasteiger partial charge is 0.287 e. The average Bonchev–Trinajstić information content (AvgIpc) is 2.54. The summed E-state index contributed by atoms with van der Waals surface area (Å²) in [6.07, 6.45) is 1.49. The number of hydrogen-bond acceptors (Lipinski definition) is 3. The third kappa shape index (κ3) is 3.61. The van der Waals surface area contributed by atoms with Crippen molar-refractivity contribution in [2.45, 2.75) is 16.7 Å². The minimum absolute atomic E-state index is 0.249. The Morgan fingerprint density at radius 1 is 1.00 bits per heavy atom. The molecule has 3 aromatic rings. The Kier molecular flexibility index (Phi) is 4.76. The van der Waals surface area contributed by atoms with E-state index in [2.05, 4.69) is 5.10 Å². The summed E-state index contributed by atoms with van der Waals surface area (Å²) in [5.74, 6) is 0. The van der Waals surface area contributed by atoms with Crippen LogP contribution in [-0.4, -0.2) is 9.78 Å². The van der Waals surface area contributed by atoms with E-state index in [1.165, 1.54) is 22.6 Å². The zero-order chi connectivity index (χ0) is 16.4. The summed E-state index contributed by atoms with van der Waals surface area (Å²) in [6, 6.07) is 14.8. The van der Waals surface area contributed by atoms with Gasteiger partial charge in [-0.2, -0.15) is 9.78 Å². The lowest BCUT2D eigenvalue weighted by atomic mass is 10.2. The van der Waals surface area contributed by atoms with Crippen molar-refractivity contribution in [2.75, 3.05) is 0 Å². The topological polar surface area (TPSA) is 34.9 Å². The molecule has 3 rings (SSSR count). The standard InChI is InChI=1S/C17H12Cl2N2OS/c1-11-2-6-13(7-3-11)21-17(22)16(15(19)10-20-21)23-14-8-4-12(18)5-9-14/h2-10H,1H3. The van der Waals surface area contributed by atoms with Crippen molar-refractivity contribution in [1.29, 1.82) is 0 Å². The van der Waals surface area contributed by atoms with E-state index in [1.807, 2.05) is 43.3 Å². The summed E-state index contributed by atoms with van der Waals surface area (Å²) in [7, 11) is 0. The van der Waals surface area contributed by atoms with Gasteiger partial charge in [0.05, 0.1) is 21.8 Å². The van der Waals surface area contributed by atoms with Crippen LogP contribution in [0.3, 0.4) is 0 Å². The van der Waals surface area contributed by atoms with Crippen molar-refractivity contribution in [3.8, 4) is 5.69 Å². The highest BCUT2D eigenvalue weighted by Crippen LogP contribution is 2.30. The van der Waals surface area contributed by atoms with Gasteiger partial charge in [-0.3, -0.25) is 4.79 Å². The first-order valence-corrected chi connectivity index (χ1v) is 8.40. The molecule has 0 aliphatic rings. The molecule has 0 N–H and O–H groups in total. The molecule has 0 spiro atoms. The molecule has 0 aliphatic carbocycles. The van der Waals surface area contributed by atoms with E-state index in [4.69, 9.17) is 23.2 Å². The number of hydrogen-bond donors (Lipinski definition) is 0. The monoisotopic (exact) mass is 362 g/mol. The SMILES string of the molecule is Cc1ccc(-n2ncc(Cl)c(Sc3ccc(Cl)cc3)c2=O)cc1. The van der Waals surface area contributed by atoms with Gasteiger partial charge in [0.1, 0.15) is 0 Å². The fourth-order valence-corrected chi connectivity index (χ4v) is 3.20. The normalized spacial score (nSPS) is 10.7. The quantitative estimate of drug-likeness (QED) is 0.657. The molecular formula is C17H12Cl2N2OS. The Labute approximate surface area is 147 Å². The maximum atomic E-state index is 12.7. The van der Waals surface area contributed by atoms with Crippen LogP contribution in [0.4, 0.5) is 0 Å². The lowest BCUT2D eigenvalue weighted by molar-refractivity contribution is 0.781. The number of nitrogens with zero attached hydrogens (tertiary/aromatic N) is 2. The predicted octanol–water partition coefficient (Wildman–Crippen LogP) is 5.00. The highest BCUT2D eigenvalue weighted by molar-refractivity contribution is 7.99. The van der Waals surface area contributed by atoms with E-state index in [0.29, 0.717) is 20.6 Å². The maximum Gasteiger partial charge on any atom is 0.287 e. The van der Waals surface area contributed by atoms with Crippen molar-refractivity contribution >= 4 is 35.0 Å². The van der Waals surface area contributed by atoms with Gasteiger partial charge in [0.15, 0.2) is 0 Å². The zero-order valence-electron chi connectivity index (χ0n) is 12.2. The van der Waals surface area contributed by atoms with Gasteiger partial charge in [-0.15, -0.1) is 0 Å². The fourth-order valence-electron chi connectivity index (χ4n) is 2.00. The predicted molar refractivity (Wildman–Crippen MR) is 95.2 cm³/mol. The molecular weight excluding hydrogens is 351 g/mol. The van der Waals surface area contributed by atoms with E-state index in [9.17, 15) is 4.79 Å². The van der Waals surface area contributed by atoms with Crippen LogP contribution in [0.15, 0.2) is 69.3 Å². The summed E-state index contributed by atoms with van der Waals surface area (Å²) in [5.41, 5.74) is 1.57. The van der Waals surface area contributed by atoms with E-state index in [1.54, 1.807) is 12.1 Å². The number of aryl methyl sites for hydroxylation is 1. The van der Waals surface area contributed by atoms with Crippen molar-refractivity contribution in [3.63, 3.8) is 0 Å². The van der Waals surface area contributed by atoms with E-state index in [0.717, 1.165) is 10.5 Å². The second-order valence-corrected chi connectivity index (χ2v) is 6.86. The molecule has 0 radical (unpaired) electrons. The lowest BCUT2D eigenvalue weighted by Crippen LogP contribution is -2.22. The highest BCUT2D eigenvalue weighted by atomic mass is 35.5. The fraction of sp³-hybridized carbons (Fsp3) is 0.0588. The molecule has 1 aromatic heterocycles. The Bertz CT molecular complexity index is 890. The molecule has 23 heavy (non-hydrogen) atoms. The first kappa shape index (κ1) is 16.1. The van der Waals surface area contributed by atoms with Gasteiger partial charge < -0.3 is 0 Å².